The second-order valence-corrected chi connectivity index (χ2v) is 8.09. The van der Waals surface area contributed by atoms with Gasteiger partial charge in [0.1, 0.15) is 7.05 Å². The van der Waals surface area contributed by atoms with Crippen molar-refractivity contribution < 1.29 is 10.1 Å². The van der Waals surface area contributed by atoms with Crippen molar-refractivity contribution in [1.82, 2.24) is 0 Å². The molecule has 0 N–H and O–H groups in total. The molecule has 1 heteroatoms. The standard InChI is InChI=1S/C27H34N/c1-19(2)14-24-17-27(28(6)18-25(24)15-20(3)4)26-16-23(13-12-21(26)5)22-10-8-7-9-11-22/h7-13,16-20H,14-15H2,1-6H3/q+1/i14D2,15D2. The minimum absolute atomic E-state index is 0.279. The van der Waals surface area contributed by atoms with Gasteiger partial charge in [-0.3, -0.25) is 0 Å². The Kier molecular flexibility index (Phi) is 4.83. The third kappa shape index (κ3) is 4.70. The third-order valence-corrected chi connectivity index (χ3v) is 4.78. The lowest BCUT2D eigenvalue weighted by Crippen LogP contribution is -2.32. The van der Waals surface area contributed by atoms with E-state index in [1.807, 2.05) is 63.6 Å². The fraction of sp³-hybridized carbons (Fsp3) is 0.370. The van der Waals surface area contributed by atoms with Gasteiger partial charge in [0.05, 0.1) is 0 Å². The zero-order chi connectivity index (χ0) is 23.8. The molecule has 1 nitrogen and oxygen atoms in total. The molecule has 0 aliphatic heterocycles. The van der Waals surface area contributed by atoms with Crippen molar-refractivity contribution in [3.63, 3.8) is 0 Å². The molecule has 0 bridgehead atoms. The largest absolute Gasteiger partial charge is 0.212 e. The molecule has 3 rings (SSSR count). The lowest BCUT2D eigenvalue weighted by Gasteiger charge is -2.15. The highest BCUT2D eigenvalue weighted by Crippen LogP contribution is 2.29. The van der Waals surface area contributed by atoms with Gasteiger partial charge in [-0.15, -0.1) is 0 Å². The number of hydrogen-bond acceptors (Lipinski definition) is 0. The topological polar surface area (TPSA) is 3.88 Å². The first-order chi connectivity index (χ1) is 14.9. The van der Waals surface area contributed by atoms with E-state index >= 15 is 0 Å². The summed E-state index contributed by atoms with van der Waals surface area (Å²) in [7, 11) is 1.92. The molecule has 0 atom stereocenters. The molecule has 0 aliphatic carbocycles. The van der Waals surface area contributed by atoms with Crippen LogP contribution >= 0.6 is 0 Å². The first-order valence-corrected chi connectivity index (χ1v) is 10.1. The van der Waals surface area contributed by atoms with Crippen LogP contribution in [-0.2, 0) is 19.8 Å². The molecule has 28 heavy (non-hydrogen) atoms. The van der Waals surface area contributed by atoms with E-state index in [-0.39, 0.29) is 11.8 Å². The number of pyridine rings is 1. The van der Waals surface area contributed by atoms with Crippen LogP contribution in [0.4, 0.5) is 0 Å². The van der Waals surface area contributed by atoms with Gasteiger partial charge in [0.2, 0.25) is 5.69 Å². The van der Waals surface area contributed by atoms with E-state index in [9.17, 15) is 0 Å². The number of rotatable bonds is 6. The smallest absolute Gasteiger partial charge is 0.201 e. The van der Waals surface area contributed by atoms with Crippen molar-refractivity contribution in [2.45, 2.75) is 47.4 Å². The van der Waals surface area contributed by atoms with Crippen molar-refractivity contribution in [1.29, 1.82) is 0 Å². The van der Waals surface area contributed by atoms with Crippen LogP contribution in [0.15, 0.2) is 60.8 Å². The molecule has 0 saturated heterocycles. The molecule has 0 spiro atoms. The Hall–Kier alpha value is -2.41. The summed E-state index contributed by atoms with van der Waals surface area (Å²) >= 11 is 0. The molecule has 1 heterocycles. The maximum absolute atomic E-state index is 8.83. The Morgan fingerprint density at radius 1 is 0.821 bits per heavy atom. The number of aromatic nitrogens is 1. The van der Waals surface area contributed by atoms with Gasteiger partial charge >= 0.3 is 0 Å². The van der Waals surface area contributed by atoms with E-state index in [0.717, 1.165) is 27.9 Å². The highest BCUT2D eigenvalue weighted by Gasteiger charge is 2.19. The van der Waals surface area contributed by atoms with Crippen LogP contribution < -0.4 is 4.57 Å². The molecule has 0 aliphatic rings. The SMILES string of the molecule is [2H]C([2H])(c1cc(-c2cc(-c3ccccc3)ccc2C)[n+](C)cc1C([2H])([2H])C(C)C)C(C)C. The predicted molar refractivity (Wildman–Crippen MR) is 120 cm³/mol. The number of hydrogen-bond donors (Lipinski definition) is 0. The first-order valence-electron chi connectivity index (χ1n) is 12.1. The molecule has 2 aromatic carbocycles. The molecule has 0 unspecified atom stereocenters. The normalized spacial score (nSPS) is 14.6. The van der Waals surface area contributed by atoms with Crippen LogP contribution in [0.25, 0.3) is 22.4 Å². The average molecular weight is 377 g/mol. The summed E-state index contributed by atoms with van der Waals surface area (Å²) in [5, 5.41) is 0. The predicted octanol–water partition coefficient (Wildman–Crippen LogP) is 6.55. The second-order valence-electron chi connectivity index (χ2n) is 8.09. The third-order valence-electron chi connectivity index (χ3n) is 4.78. The Morgan fingerprint density at radius 2 is 1.46 bits per heavy atom. The lowest BCUT2D eigenvalue weighted by molar-refractivity contribution is -0.660. The molecule has 0 saturated carbocycles. The van der Waals surface area contributed by atoms with Crippen molar-refractivity contribution in [3.05, 3.63) is 77.5 Å². The van der Waals surface area contributed by atoms with Gasteiger partial charge in [0.25, 0.3) is 0 Å². The van der Waals surface area contributed by atoms with Gasteiger partial charge in [-0.25, -0.2) is 4.57 Å². The molecular formula is C27H34N+. The lowest BCUT2D eigenvalue weighted by atomic mass is 9.91. The summed E-state index contributed by atoms with van der Waals surface area (Å²) in [6.07, 6.45) is -1.51. The van der Waals surface area contributed by atoms with Gasteiger partial charge < -0.3 is 0 Å². The molecule has 1 aromatic heterocycles. The Bertz CT molecular complexity index is 1100. The van der Waals surface area contributed by atoms with Gasteiger partial charge in [0.15, 0.2) is 6.20 Å². The second kappa shape index (κ2) is 8.73. The molecular weight excluding hydrogens is 338 g/mol. The van der Waals surface area contributed by atoms with Crippen LogP contribution in [0.3, 0.4) is 0 Å². The highest BCUT2D eigenvalue weighted by atomic mass is 14.9. The van der Waals surface area contributed by atoms with Gasteiger partial charge in [-0.05, 0) is 59.8 Å². The molecule has 0 amide bonds. The zero-order valence-corrected chi connectivity index (χ0v) is 17.9. The average Bonchev–Trinajstić information content (AvgIpc) is 2.74. The monoisotopic (exact) mass is 376 g/mol. The fourth-order valence-electron chi connectivity index (χ4n) is 3.48. The summed E-state index contributed by atoms with van der Waals surface area (Å²) in [5.41, 5.74) is 6.08. The van der Waals surface area contributed by atoms with Crippen LogP contribution in [0, 0.1) is 18.8 Å². The molecule has 0 fully saturated rings. The van der Waals surface area contributed by atoms with Crippen molar-refractivity contribution in [2.24, 2.45) is 18.9 Å². The van der Waals surface area contributed by atoms with Crippen LogP contribution in [0.5, 0.6) is 0 Å². The quantitative estimate of drug-likeness (QED) is 0.429. The summed E-state index contributed by atoms with van der Waals surface area (Å²) in [5.74, 6) is -0.570. The van der Waals surface area contributed by atoms with Gasteiger partial charge in [-0.2, -0.15) is 0 Å². The van der Waals surface area contributed by atoms with E-state index in [2.05, 4.69) is 37.3 Å². The van der Waals surface area contributed by atoms with E-state index in [1.165, 1.54) is 0 Å². The van der Waals surface area contributed by atoms with Crippen molar-refractivity contribution in [3.8, 4) is 22.4 Å². The summed E-state index contributed by atoms with van der Waals surface area (Å²) in [6, 6.07) is 18.4. The summed E-state index contributed by atoms with van der Waals surface area (Å²) < 4.78 is 37.1. The van der Waals surface area contributed by atoms with E-state index in [4.69, 9.17) is 5.48 Å². The van der Waals surface area contributed by atoms with E-state index in [0.29, 0.717) is 11.1 Å². The molecule has 3 aromatic rings. The number of aryl methyl sites for hydroxylation is 2. The highest BCUT2D eigenvalue weighted by molar-refractivity contribution is 5.73. The van der Waals surface area contributed by atoms with Crippen molar-refractivity contribution >= 4 is 0 Å². The Labute approximate surface area is 176 Å². The molecule has 146 valence electrons. The van der Waals surface area contributed by atoms with Gasteiger partial charge in [0, 0.05) is 22.7 Å². The van der Waals surface area contributed by atoms with Crippen LogP contribution in [0.1, 0.15) is 49.9 Å². The number of benzene rings is 2. The zero-order valence-electron chi connectivity index (χ0n) is 21.9. The Balaban J connectivity index is 2.30. The molecule has 0 radical (unpaired) electrons. The number of nitrogens with zero attached hydrogens (tertiary/aromatic N) is 1. The van der Waals surface area contributed by atoms with Crippen LogP contribution in [-0.4, -0.2) is 0 Å². The summed E-state index contributed by atoms with van der Waals surface area (Å²) in [4.78, 5) is 0. The maximum Gasteiger partial charge on any atom is 0.212 e. The minimum Gasteiger partial charge on any atom is -0.201 e. The summed E-state index contributed by atoms with van der Waals surface area (Å²) in [6.45, 7) is 9.44. The minimum atomic E-state index is -1.66. The van der Waals surface area contributed by atoms with Crippen molar-refractivity contribution in [2.75, 3.05) is 0 Å². The maximum atomic E-state index is 8.83. The van der Waals surface area contributed by atoms with E-state index < -0.39 is 12.7 Å². The fourth-order valence-corrected chi connectivity index (χ4v) is 3.48. The Morgan fingerprint density at radius 3 is 2.11 bits per heavy atom. The first kappa shape index (κ1) is 15.5. The van der Waals surface area contributed by atoms with E-state index in [1.54, 1.807) is 6.20 Å². The van der Waals surface area contributed by atoms with Gasteiger partial charge in [-0.1, -0.05) is 70.2 Å². The van der Waals surface area contributed by atoms with Crippen LogP contribution in [0.2, 0.25) is 0 Å².